The van der Waals surface area contributed by atoms with Crippen molar-refractivity contribution in [3.8, 4) is 11.3 Å². The Bertz CT molecular complexity index is 624. The van der Waals surface area contributed by atoms with Gasteiger partial charge in [0.05, 0.1) is 11.4 Å². The van der Waals surface area contributed by atoms with E-state index in [9.17, 15) is 18.0 Å². The molecule has 0 unspecified atom stereocenters. The van der Waals surface area contributed by atoms with Crippen molar-refractivity contribution < 1.29 is 18.0 Å². The zero-order valence-corrected chi connectivity index (χ0v) is 10.5. The van der Waals surface area contributed by atoms with E-state index in [-0.39, 0.29) is 5.69 Å². The number of hydrogen-bond acceptors (Lipinski definition) is 2. The maximum absolute atomic E-state index is 12.3. The molecule has 0 atom stereocenters. The van der Waals surface area contributed by atoms with Gasteiger partial charge in [0.15, 0.2) is 0 Å². The fourth-order valence-corrected chi connectivity index (χ4v) is 1.70. The molecule has 6 heteroatoms. The van der Waals surface area contributed by atoms with E-state index in [1.54, 1.807) is 37.3 Å². The molecule has 0 fully saturated rings. The van der Waals surface area contributed by atoms with Crippen molar-refractivity contribution in [2.45, 2.75) is 13.1 Å². The summed E-state index contributed by atoms with van der Waals surface area (Å²) in [4.78, 5) is 15.1. The number of carbonyl (C=O) groups is 1. The number of aryl methyl sites for hydroxylation is 1. The molecule has 0 saturated heterocycles. The number of alkyl halides is 3. The van der Waals surface area contributed by atoms with E-state index < -0.39 is 12.1 Å². The minimum absolute atomic E-state index is 0.0889. The first-order valence-electron chi connectivity index (χ1n) is 5.78. The number of amides is 1. The van der Waals surface area contributed by atoms with Gasteiger partial charge in [-0.1, -0.05) is 18.2 Å². The average Bonchev–Trinajstić information content (AvgIpc) is 2.39. The first kappa shape index (κ1) is 14.0. The van der Waals surface area contributed by atoms with Gasteiger partial charge in [-0.25, -0.2) is 0 Å². The van der Waals surface area contributed by atoms with E-state index in [0.717, 1.165) is 5.56 Å². The van der Waals surface area contributed by atoms with Crippen LogP contribution in [0.4, 0.5) is 18.9 Å². The van der Waals surface area contributed by atoms with Crippen molar-refractivity contribution in [3.63, 3.8) is 0 Å². The molecule has 3 nitrogen and oxygen atoms in total. The predicted octanol–water partition coefficient (Wildman–Crippen LogP) is 3.56. The molecule has 1 amide bonds. The fraction of sp³-hybridized carbons (Fsp3) is 0.143. The first-order valence-corrected chi connectivity index (χ1v) is 5.78. The van der Waals surface area contributed by atoms with Crippen LogP contribution < -0.4 is 5.32 Å². The monoisotopic (exact) mass is 280 g/mol. The van der Waals surface area contributed by atoms with Crippen LogP contribution in [0.2, 0.25) is 0 Å². The maximum Gasteiger partial charge on any atom is 0.471 e. The molecule has 0 aliphatic rings. The lowest BCUT2D eigenvalue weighted by Gasteiger charge is -2.13. The Morgan fingerprint density at radius 3 is 2.55 bits per heavy atom. The Morgan fingerprint density at radius 1 is 1.20 bits per heavy atom. The molecule has 104 valence electrons. The number of hydrogen-bond donors (Lipinski definition) is 1. The van der Waals surface area contributed by atoms with E-state index in [1.807, 2.05) is 5.32 Å². The zero-order valence-electron chi connectivity index (χ0n) is 10.5. The van der Waals surface area contributed by atoms with Gasteiger partial charge in [0.1, 0.15) is 0 Å². The Balaban J connectivity index is 2.42. The molecule has 20 heavy (non-hydrogen) atoms. The first-order chi connectivity index (χ1) is 9.38. The molecular formula is C14H11F3N2O. The van der Waals surface area contributed by atoms with Gasteiger partial charge in [0, 0.05) is 11.8 Å². The van der Waals surface area contributed by atoms with E-state index in [4.69, 9.17) is 0 Å². The minimum Gasteiger partial charge on any atom is -0.318 e. The van der Waals surface area contributed by atoms with Gasteiger partial charge in [-0.05, 0) is 30.7 Å². The van der Waals surface area contributed by atoms with Gasteiger partial charge in [-0.2, -0.15) is 13.2 Å². The van der Waals surface area contributed by atoms with Crippen molar-refractivity contribution >= 4 is 11.6 Å². The summed E-state index contributed by atoms with van der Waals surface area (Å²) in [5.74, 6) is -2.00. The third-order valence-corrected chi connectivity index (χ3v) is 2.62. The highest BCUT2D eigenvalue weighted by atomic mass is 19.4. The van der Waals surface area contributed by atoms with Crippen molar-refractivity contribution in [2.75, 3.05) is 5.32 Å². The Morgan fingerprint density at radius 2 is 1.95 bits per heavy atom. The van der Waals surface area contributed by atoms with Crippen LogP contribution in [0.15, 0.2) is 42.6 Å². The smallest absolute Gasteiger partial charge is 0.318 e. The van der Waals surface area contributed by atoms with Crippen LogP contribution in [0.25, 0.3) is 11.3 Å². The van der Waals surface area contributed by atoms with Crippen LogP contribution in [0, 0.1) is 6.92 Å². The molecule has 0 aliphatic carbocycles. The summed E-state index contributed by atoms with van der Waals surface area (Å²) in [5.41, 5.74) is 1.76. The Labute approximate surface area is 113 Å². The Kier molecular flexibility index (Phi) is 3.74. The third kappa shape index (κ3) is 3.14. The van der Waals surface area contributed by atoms with Crippen molar-refractivity contribution in [1.29, 1.82) is 0 Å². The standard InChI is InChI=1S/C14H11F3N2O/c1-9-5-6-10(11-4-2-3-7-18-11)12(8-9)19-13(20)14(15,16)17/h2-8H,1H3,(H,19,20). The van der Waals surface area contributed by atoms with Gasteiger partial charge in [-0.15, -0.1) is 0 Å². The topological polar surface area (TPSA) is 42.0 Å². The second-order valence-electron chi connectivity index (χ2n) is 4.22. The SMILES string of the molecule is Cc1ccc(-c2ccccn2)c(NC(=O)C(F)(F)F)c1. The van der Waals surface area contributed by atoms with Gasteiger partial charge >= 0.3 is 12.1 Å². The lowest BCUT2D eigenvalue weighted by molar-refractivity contribution is -0.167. The average molecular weight is 280 g/mol. The largest absolute Gasteiger partial charge is 0.471 e. The normalized spacial score (nSPS) is 11.2. The number of aromatic nitrogens is 1. The molecular weight excluding hydrogens is 269 g/mol. The highest BCUT2D eigenvalue weighted by molar-refractivity contribution is 5.98. The zero-order chi connectivity index (χ0) is 14.8. The summed E-state index contributed by atoms with van der Waals surface area (Å²) >= 11 is 0. The van der Waals surface area contributed by atoms with Crippen LogP contribution in [-0.4, -0.2) is 17.1 Å². The number of carbonyl (C=O) groups excluding carboxylic acids is 1. The molecule has 1 aromatic carbocycles. The highest BCUT2D eigenvalue weighted by Gasteiger charge is 2.39. The van der Waals surface area contributed by atoms with Gasteiger partial charge < -0.3 is 5.32 Å². The summed E-state index contributed by atoms with van der Waals surface area (Å²) in [5, 5.41) is 1.89. The maximum atomic E-state index is 12.3. The van der Waals surface area contributed by atoms with Crippen molar-refractivity contribution in [1.82, 2.24) is 4.98 Å². The quantitative estimate of drug-likeness (QED) is 0.914. The highest BCUT2D eigenvalue weighted by Crippen LogP contribution is 2.29. The van der Waals surface area contributed by atoms with E-state index >= 15 is 0 Å². The van der Waals surface area contributed by atoms with Crippen LogP contribution in [0.5, 0.6) is 0 Å². The second-order valence-corrected chi connectivity index (χ2v) is 4.22. The summed E-state index contributed by atoms with van der Waals surface area (Å²) < 4.78 is 37.0. The number of halogens is 3. The summed E-state index contributed by atoms with van der Waals surface area (Å²) in [7, 11) is 0. The predicted molar refractivity (Wildman–Crippen MR) is 69.1 cm³/mol. The number of anilines is 1. The van der Waals surface area contributed by atoms with E-state index in [1.165, 1.54) is 12.3 Å². The molecule has 2 rings (SSSR count). The summed E-state index contributed by atoms with van der Waals surface area (Å²) in [6, 6.07) is 9.93. The summed E-state index contributed by atoms with van der Waals surface area (Å²) in [6.45, 7) is 1.73. The second kappa shape index (κ2) is 5.32. The van der Waals surface area contributed by atoms with E-state index in [0.29, 0.717) is 11.3 Å². The lowest BCUT2D eigenvalue weighted by atomic mass is 10.1. The molecule has 0 spiro atoms. The van der Waals surface area contributed by atoms with E-state index in [2.05, 4.69) is 4.98 Å². The van der Waals surface area contributed by atoms with Gasteiger partial charge in [0.2, 0.25) is 0 Å². The van der Waals surface area contributed by atoms with Gasteiger partial charge in [0.25, 0.3) is 0 Å². The Hall–Kier alpha value is -2.37. The molecule has 0 aliphatic heterocycles. The molecule has 2 aromatic rings. The summed E-state index contributed by atoms with van der Waals surface area (Å²) in [6.07, 6.45) is -3.39. The number of rotatable bonds is 2. The fourth-order valence-electron chi connectivity index (χ4n) is 1.70. The number of pyridine rings is 1. The molecule has 1 N–H and O–H groups in total. The van der Waals surface area contributed by atoms with Crippen LogP contribution in [-0.2, 0) is 4.79 Å². The molecule has 0 saturated carbocycles. The van der Waals surface area contributed by atoms with Crippen molar-refractivity contribution in [3.05, 3.63) is 48.2 Å². The molecule has 1 heterocycles. The lowest BCUT2D eigenvalue weighted by Crippen LogP contribution is -2.30. The molecule has 0 bridgehead atoms. The number of nitrogens with one attached hydrogen (secondary N) is 1. The van der Waals surface area contributed by atoms with Crippen LogP contribution in [0.3, 0.4) is 0 Å². The van der Waals surface area contributed by atoms with Crippen LogP contribution in [0.1, 0.15) is 5.56 Å². The molecule has 0 radical (unpaired) electrons. The minimum atomic E-state index is -4.93. The number of benzene rings is 1. The van der Waals surface area contributed by atoms with Crippen molar-refractivity contribution in [2.24, 2.45) is 0 Å². The van der Waals surface area contributed by atoms with Crippen LogP contribution >= 0.6 is 0 Å². The third-order valence-electron chi connectivity index (χ3n) is 2.62. The molecule has 1 aromatic heterocycles. The van der Waals surface area contributed by atoms with Gasteiger partial charge in [-0.3, -0.25) is 9.78 Å². The number of nitrogens with zero attached hydrogens (tertiary/aromatic N) is 1.